The van der Waals surface area contributed by atoms with Crippen LogP contribution in [0.4, 0.5) is 13.2 Å². The number of hydrogen-bond acceptors (Lipinski definition) is 5. The molecule has 2 aromatic heterocycles. The summed E-state index contributed by atoms with van der Waals surface area (Å²) in [7, 11) is 1.56. The largest absolute Gasteiger partial charge is 0.497 e. The first-order chi connectivity index (χ1) is 15.2. The van der Waals surface area contributed by atoms with Gasteiger partial charge in [0.2, 0.25) is 5.88 Å². The summed E-state index contributed by atoms with van der Waals surface area (Å²) in [4.78, 5) is 17.4. The number of rotatable bonds is 5. The average Bonchev–Trinajstić information content (AvgIpc) is 2.96. The van der Waals surface area contributed by atoms with Gasteiger partial charge in [-0.1, -0.05) is 0 Å². The number of thioether (sulfide) groups is 1. The maximum atomic E-state index is 13.1. The third-order valence-electron chi connectivity index (χ3n) is 5.06. The lowest BCUT2D eigenvalue weighted by atomic mass is 10.1. The Morgan fingerprint density at radius 2 is 1.84 bits per heavy atom. The van der Waals surface area contributed by atoms with Crippen molar-refractivity contribution < 1.29 is 23.0 Å². The monoisotopic (exact) mass is 461 g/mol. The highest BCUT2D eigenvalue weighted by molar-refractivity contribution is 8.00. The van der Waals surface area contributed by atoms with Crippen LogP contribution >= 0.6 is 11.8 Å². The minimum Gasteiger partial charge on any atom is -0.497 e. The predicted octanol–water partition coefficient (Wildman–Crippen LogP) is 4.87. The van der Waals surface area contributed by atoms with Crippen molar-refractivity contribution in [2.24, 2.45) is 0 Å². The molecule has 0 aliphatic carbocycles. The minimum atomic E-state index is -4.41. The van der Waals surface area contributed by atoms with Crippen LogP contribution in [0.3, 0.4) is 0 Å². The van der Waals surface area contributed by atoms with Crippen molar-refractivity contribution in [3.05, 3.63) is 76.5 Å². The number of halogens is 3. The molecule has 4 rings (SSSR count). The third-order valence-corrected chi connectivity index (χ3v) is 5.80. The molecule has 0 spiro atoms. The lowest BCUT2D eigenvalue weighted by Crippen LogP contribution is -2.24. The van der Waals surface area contributed by atoms with E-state index >= 15 is 0 Å². The number of hydrogen-bond donors (Lipinski definition) is 1. The van der Waals surface area contributed by atoms with E-state index in [1.807, 2.05) is 12.1 Å². The highest BCUT2D eigenvalue weighted by Gasteiger charge is 2.29. The second-order valence-electron chi connectivity index (χ2n) is 7.01. The zero-order valence-electron chi connectivity index (χ0n) is 17.1. The van der Waals surface area contributed by atoms with Crippen molar-refractivity contribution in [2.45, 2.75) is 23.9 Å². The number of ether oxygens (including phenoxy) is 1. The first kappa shape index (κ1) is 21.8. The molecule has 2 aromatic carbocycles. The fourth-order valence-corrected chi connectivity index (χ4v) is 4.01. The van der Waals surface area contributed by atoms with Gasteiger partial charge in [-0.2, -0.15) is 13.2 Å². The van der Waals surface area contributed by atoms with Gasteiger partial charge in [-0.05, 0) is 72.8 Å². The number of imidazole rings is 1. The molecule has 10 heteroatoms. The Labute approximate surface area is 184 Å². The summed E-state index contributed by atoms with van der Waals surface area (Å²) in [5.74, 6) is 0.371. The molecule has 166 valence electrons. The summed E-state index contributed by atoms with van der Waals surface area (Å²) in [6.07, 6.45) is 1.64. The van der Waals surface area contributed by atoms with E-state index in [0.29, 0.717) is 11.4 Å². The summed E-state index contributed by atoms with van der Waals surface area (Å²) >= 11 is -0.244. The van der Waals surface area contributed by atoms with Crippen LogP contribution in [0.5, 0.6) is 11.6 Å². The Bertz CT molecular complexity index is 1350. The molecule has 2 heterocycles. The Kier molecular flexibility index (Phi) is 5.64. The van der Waals surface area contributed by atoms with Gasteiger partial charge < -0.3 is 9.84 Å². The summed E-state index contributed by atoms with van der Waals surface area (Å²) < 4.78 is 45.5. The van der Waals surface area contributed by atoms with Crippen LogP contribution in [0.25, 0.3) is 16.6 Å². The average molecular weight is 461 g/mol. The topological polar surface area (TPSA) is 69.3 Å². The Hall–Kier alpha value is -3.40. The Balaban J connectivity index is 1.74. The van der Waals surface area contributed by atoms with Crippen molar-refractivity contribution >= 4 is 22.7 Å². The number of aromatic hydroxyl groups is 1. The molecule has 0 radical (unpaired) electrons. The van der Waals surface area contributed by atoms with Crippen LogP contribution in [0.2, 0.25) is 0 Å². The number of alkyl halides is 3. The van der Waals surface area contributed by atoms with Gasteiger partial charge in [-0.15, -0.1) is 0 Å². The molecule has 0 amide bonds. The van der Waals surface area contributed by atoms with E-state index < -0.39 is 11.2 Å². The summed E-state index contributed by atoms with van der Waals surface area (Å²) in [6.45, 7) is 1.77. The molecule has 0 fully saturated rings. The molecule has 0 saturated carbocycles. The van der Waals surface area contributed by atoms with E-state index in [4.69, 9.17) is 4.74 Å². The van der Waals surface area contributed by atoms with Crippen molar-refractivity contribution in [3.63, 3.8) is 0 Å². The van der Waals surface area contributed by atoms with Gasteiger partial charge in [0.25, 0.3) is 0 Å². The summed E-state index contributed by atoms with van der Waals surface area (Å²) in [5, 5.41) is 11.4. The third kappa shape index (κ3) is 4.18. The first-order valence-corrected chi connectivity index (χ1v) is 10.3. The maximum absolute atomic E-state index is 13.1. The second kappa shape index (κ2) is 8.27. The van der Waals surface area contributed by atoms with Crippen LogP contribution in [-0.2, 0) is 6.54 Å². The molecule has 4 aromatic rings. The molecule has 0 atom stereocenters. The molecule has 0 saturated heterocycles. The van der Waals surface area contributed by atoms with E-state index in [0.717, 1.165) is 21.0 Å². The van der Waals surface area contributed by atoms with E-state index in [1.165, 1.54) is 28.8 Å². The van der Waals surface area contributed by atoms with Gasteiger partial charge in [0.15, 0.2) is 0 Å². The number of aromatic nitrogens is 3. The second-order valence-corrected chi connectivity index (χ2v) is 8.15. The first-order valence-electron chi connectivity index (χ1n) is 9.47. The molecule has 0 unspecified atom stereocenters. The molecule has 1 N–H and O–H groups in total. The fraction of sp³-hybridized carbons (Fsp3) is 0.182. The predicted molar refractivity (Wildman–Crippen MR) is 116 cm³/mol. The maximum Gasteiger partial charge on any atom is 0.446 e. The van der Waals surface area contributed by atoms with Crippen LogP contribution in [-0.4, -0.2) is 31.8 Å². The smallest absolute Gasteiger partial charge is 0.446 e. The molecule has 32 heavy (non-hydrogen) atoms. The summed E-state index contributed by atoms with van der Waals surface area (Å²) in [6, 6.07) is 12.5. The Morgan fingerprint density at radius 1 is 1.12 bits per heavy atom. The quantitative estimate of drug-likeness (QED) is 0.430. The van der Waals surface area contributed by atoms with Gasteiger partial charge in [0.05, 0.1) is 30.6 Å². The number of nitrogens with zero attached hydrogens (tertiary/aromatic N) is 3. The fourth-order valence-electron chi connectivity index (χ4n) is 3.47. The van der Waals surface area contributed by atoms with Gasteiger partial charge in [-0.3, -0.25) is 9.55 Å². The van der Waals surface area contributed by atoms with Crippen molar-refractivity contribution in [3.8, 4) is 17.3 Å². The molecule has 6 nitrogen and oxygen atoms in total. The van der Waals surface area contributed by atoms with Crippen molar-refractivity contribution in [1.29, 1.82) is 0 Å². The number of benzene rings is 2. The van der Waals surface area contributed by atoms with Crippen LogP contribution < -0.4 is 10.4 Å². The molecular formula is C22H18F3N3O3S. The highest BCUT2D eigenvalue weighted by atomic mass is 32.2. The minimum absolute atomic E-state index is 0.0119. The number of methoxy groups -OCH3 is 1. The zero-order chi connectivity index (χ0) is 23.0. The standard InChI is InChI=1S/C22H18F3N3O3S/c1-13-20(29)28(15-3-6-17(7-4-15)32-22(23,24)25)21(30)27(13)12-14-9-10-26-19-8-5-16(31-2)11-18(14)19/h3-11,29H,12H2,1-2H3. The van der Waals surface area contributed by atoms with E-state index in [2.05, 4.69) is 4.98 Å². The Morgan fingerprint density at radius 3 is 2.50 bits per heavy atom. The summed E-state index contributed by atoms with van der Waals surface area (Å²) in [5.41, 5.74) is -2.79. The normalized spacial score (nSPS) is 11.8. The van der Waals surface area contributed by atoms with Crippen molar-refractivity contribution in [2.75, 3.05) is 7.11 Å². The highest BCUT2D eigenvalue weighted by Crippen LogP contribution is 2.37. The molecular weight excluding hydrogens is 443 g/mol. The van der Waals surface area contributed by atoms with Crippen LogP contribution in [0.1, 0.15) is 11.3 Å². The van der Waals surface area contributed by atoms with Crippen LogP contribution in [0.15, 0.2) is 64.4 Å². The zero-order valence-corrected chi connectivity index (χ0v) is 17.9. The van der Waals surface area contributed by atoms with Gasteiger partial charge in [-0.25, -0.2) is 9.36 Å². The van der Waals surface area contributed by atoms with E-state index in [9.17, 15) is 23.1 Å². The van der Waals surface area contributed by atoms with E-state index in [-0.39, 0.29) is 34.8 Å². The molecule has 0 aliphatic heterocycles. The SMILES string of the molecule is COc1ccc2nccc(Cn3c(C)c(O)n(-c4ccc(SC(F)(F)F)cc4)c3=O)c2c1. The van der Waals surface area contributed by atoms with Crippen molar-refractivity contribution in [1.82, 2.24) is 14.1 Å². The van der Waals surface area contributed by atoms with E-state index in [1.54, 1.807) is 32.4 Å². The van der Waals surface area contributed by atoms with Gasteiger partial charge >= 0.3 is 11.2 Å². The molecule has 0 bridgehead atoms. The lowest BCUT2D eigenvalue weighted by Gasteiger charge is -2.09. The van der Waals surface area contributed by atoms with Gasteiger partial charge in [0, 0.05) is 16.5 Å². The van der Waals surface area contributed by atoms with Crippen LogP contribution in [0, 0.1) is 6.92 Å². The van der Waals surface area contributed by atoms with Gasteiger partial charge in [0.1, 0.15) is 5.75 Å². The number of pyridine rings is 1. The number of fused-ring (bicyclic) bond motifs is 1. The molecule has 0 aliphatic rings. The lowest BCUT2D eigenvalue weighted by molar-refractivity contribution is -0.0328.